The van der Waals surface area contributed by atoms with Crippen molar-refractivity contribution in [2.45, 2.75) is 19.9 Å². The van der Waals surface area contributed by atoms with Gasteiger partial charge in [-0.25, -0.2) is 4.98 Å². The van der Waals surface area contributed by atoms with Crippen LogP contribution in [0, 0.1) is 0 Å². The Balaban J connectivity index is 1.51. The van der Waals surface area contributed by atoms with E-state index in [-0.39, 0.29) is 11.8 Å². The first-order valence-electron chi connectivity index (χ1n) is 9.16. The predicted octanol–water partition coefficient (Wildman–Crippen LogP) is 4.01. The molecule has 0 aliphatic rings. The van der Waals surface area contributed by atoms with Gasteiger partial charge in [0.05, 0.1) is 24.1 Å². The molecular formula is C22H20N4O2. The number of amides is 1. The first kappa shape index (κ1) is 17.7. The summed E-state index contributed by atoms with van der Waals surface area (Å²) in [6, 6.07) is 15.5. The molecule has 0 bridgehead atoms. The van der Waals surface area contributed by atoms with Gasteiger partial charge in [-0.3, -0.25) is 14.2 Å². The molecule has 0 aliphatic heterocycles. The molecule has 0 atom stereocenters. The summed E-state index contributed by atoms with van der Waals surface area (Å²) in [5.74, 6) is -0.0556. The number of nitrogens with zero attached hydrogens (tertiary/aromatic N) is 2. The van der Waals surface area contributed by atoms with Gasteiger partial charge in [-0.2, -0.15) is 0 Å². The van der Waals surface area contributed by atoms with Crippen LogP contribution < -0.4 is 5.32 Å². The van der Waals surface area contributed by atoms with E-state index >= 15 is 0 Å². The summed E-state index contributed by atoms with van der Waals surface area (Å²) in [6.07, 6.45) is 5.54. The number of imidazole rings is 1. The maximum Gasteiger partial charge on any atom is 0.251 e. The van der Waals surface area contributed by atoms with E-state index in [1.807, 2.05) is 55.6 Å². The number of aromatic nitrogens is 3. The average molecular weight is 372 g/mol. The summed E-state index contributed by atoms with van der Waals surface area (Å²) in [7, 11) is 0. The van der Waals surface area contributed by atoms with Gasteiger partial charge in [-0.05, 0) is 41.5 Å². The Kier molecular flexibility index (Phi) is 4.76. The van der Waals surface area contributed by atoms with Gasteiger partial charge in [0.25, 0.3) is 5.91 Å². The normalized spacial score (nSPS) is 10.9. The number of carbonyl (C=O) groups excluding carboxylic acids is 2. The molecule has 0 unspecified atom stereocenters. The number of carbonyl (C=O) groups is 2. The second kappa shape index (κ2) is 7.52. The van der Waals surface area contributed by atoms with Crippen LogP contribution in [-0.4, -0.2) is 26.3 Å². The van der Waals surface area contributed by atoms with Crippen LogP contribution in [0.25, 0.3) is 22.0 Å². The molecule has 0 aliphatic carbocycles. The summed E-state index contributed by atoms with van der Waals surface area (Å²) >= 11 is 0. The number of nitrogens with one attached hydrogen (secondary N) is 2. The molecular weight excluding hydrogens is 352 g/mol. The molecule has 28 heavy (non-hydrogen) atoms. The lowest BCUT2D eigenvalue weighted by Gasteiger charge is -2.07. The molecule has 1 amide bonds. The van der Waals surface area contributed by atoms with E-state index in [4.69, 9.17) is 0 Å². The number of benzene rings is 2. The zero-order chi connectivity index (χ0) is 19.5. The van der Waals surface area contributed by atoms with Crippen molar-refractivity contribution in [2.75, 3.05) is 0 Å². The minimum atomic E-state index is -0.133. The van der Waals surface area contributed by atoms with E-state index in [9.17, 15) is 9.59 Å². The quantitative estimate of drug-likeness (QED) is 0.555. The van der Waals surface area contributed by atoms with Crippen LogP contribution in [0.2, 0.25) is 0 Å². The molecule has 6 heteroatoms. The molecule has 0 radical (unpaired) electrons. The van der Waals surface area contributed by atoms with Crippen molar-refractivity contribution in [3.63, 3.8) is 0 Å². The molecule has 0 spiro atoms. The number of aromatic amines is 1. The largest absolute Gasteiger partial charge is 0.347 e. The Labute approximate surface area is 162 Å². The molecule has 2 aromatic heterocycles. The van der Waals surface area contributed by atoms with Crippen molar-refractivity contribution in [1.29, 1.82) is 0 Å². The molecule has 2 aromatic carbocycles. The lowest BCUT2D eigenvalue weighted by molar-refractivity contribution is 0.0912. The van der Waals surface area contributed by atoms with Crippen LogP contribution in [0.4, 0.5) is 0 Å². The number of hydrogen-bond acceptors (Lipinski definition) is 3. The SMILES string of the molecule is CCC(=O)n1ccc2cc(-c3ccc(C(=O)NCc4cnc[nH]4)cc3)ccc21. The van der Waals surface area contributed by atoms with Crippen LogP contribution >= 0.6 is 0 Å². The number of rotatable bonds is 5. The number of hydrogen-bond donors (Lipinski definition) is 2. The van der Waals surface area contributed by atoms with Crippen molar-refractivity contribution < 1.29 is 9.59 Å². The Morgan fingerprint density at radius 1 is 1.07 bits per heavy atom. The van der Waals surface area contributed by atoms with Crippen LogP contribution in [0.5, 0.6) is 0 Å². The second-order valence-corrected chi connectivity index (χ2v) is 6.54. The summed E-state index contributed by atoms with van der Waals surface area (Å²) in [4.78, 5) is 31.2. The lowest BCUT2D eigenvalue weighted by Crippen LogP contribution is -2.22. The van der Waals surface area contributed by atoms with Gasteiger partial charge >= 0.3 is 0 Å². The zero-order valence-corrected chi connectivity index (χ0v) is 15.5. The zero-order valence-electron chi connectivity index (χ0n) is 15.5. The molecule has 140 valence electrons. The monoisotopic (exact) mass is 372 g/mol. The fourth-order valence-corrected chi connectivity index (χ4v) is 3.18. The average Bonchev–Trinajstić information content (AvgIpc) is 3.41. The first-order chi connectivity index (χ1) is 13.7. The summed E-state index contributed by atoms with van der Waals surface area (Å²) in [5.41, 5.74) is 4.42. The molecule has 0 fully saturated rings. The molecule has 4 aromatic rings. The Bertz CT molecular complexity index is 1130. The molecule has 6 nitrogen and oxygen atoms in total. The third kappa shape index (κ3) is 3.44. The van der Waals surface area contributed by atoms with Crippen molar-refractivity contribution in [3.05, 3.63) is 78.5 Å². The van der Waals surface area contributed by atoms with Crippen LogP contribution in [-0.2, 0) is 6.54 Å². The first-order valence-corrected chi connectivity index (χ1v) is 9.16. The van der Waals surface area contributed by atoms with Crippen molar-refractivity contribution >= 4 is 22.7 Å². The van der Waals surface area contributed by atoms with Gasteiger partial charge < -0.3 is 10.3 Å². The van der Waals surface area contributed by atoms with Gasteiger partial charge in [0.1, 0.15) is 0 Å². The number of fused-ring (bicyclic) bond motifs is 1. The fourth-order valence-electron chi connectivity index (χ4n) is 3.18. The van der Waals surface area contributed by atoms with E-state index in [0.717, 1.165) is 27.7 Å². The Morgan fingerprint density at radius 3 is 2.57 bits per heavy atom. The molecule has 2 N–H and O–H groups in total. The third-order valence-electron chi connectivity index (χ3n) is 4.74. The van der Waals surface area contributed by atoms with Crippen molar-refractivity contribution in [1.82, 2.24) is 19.9 Å². The number of H-pyrrole nitrogens is 1. The van der Waals surface area contributed by atoms with Crippen LogP contribution in [0.15, 0.2) is 67.3 Å². The fraction of sp³-hybridized carbons (Fsp3) is 0.136. The Hall–Kier alpha value is -3.67. The molecule has 0 saturated heterocycles. The lowest BCUT2D eigenvalue weighted by atomic mass is 10.0. The van der Waals surface area contributed by atoms with E-state index in [1.54, 1.807) is 17.1 Å². The molecule has 0 saturated carbocycles. The summed E-state index contributed by atoms with van der Waals surface area (Å²) in [5, 5.41) is 3.87. The van der Waals surface area contributed by atoms with E-state index in [0.29, 0.717) is 18.5 Å². The molecule has 4 rings (SSSR count). The maximum atomic E-state index is 12.3. The smallest absolute Gasteiger partial charge is 0.251 e. The minimum absolute atomic E-state index is 0.0771. The maximum absolute atomic E-state index is 12.3. The van der Waals surface area contributed by atoms with E-state index in [2.05, 4.69) is 21.4 Å². The highest BCUT2D eigenvalue weighted by Crippen LogP contribution is 2.26. The summed E-state index contributed by atoms with van der Waals surface area (Å²) in [6.45, 7) is 2.26. The van der Waals surface area contributed by atoms with Crippen molar-refractivity contribution in [2.24, 2.45) is 0 Å². The highest BCUT2D eigenvalue weighted by atomic mass is 16.2. The van der Waals surface area contributed by atoms with E-state index < -0.39 is 0 Å². The highest BCUT2D eigenvalue weighted by molar-refractivity contribution is 5.96. The van der Waals surface area contributed by atoms with Crippen LogP contribution in [0.3, 0.4) is 0 Å². The standard InChI is InChI=1S/C22H20N4O2/c1-2-21(27)26-10-9-18-11-17(7-8-20(18)26)15-3-5-16(6-4-15)22(28)24-13-19-12-23-14-25-19/h3-12,14H,2,13H2,1H3,(H,23,25)(H,24,28). The minimum Gasteiger partial charge on any atom is -0.347 e. The van der Waals surface area contributed by atoms with Gasteiger partial charge in [-0.15, -0.1) is 0 Å². The third-order valence-corrected chi connectivity index (χ3v) is 4.74. The van der Waals surface area contributed by atoms with Gasteiger partial charge in [0.2, 0.25) is 5.91 Å². The topological polar surface area (TPSA) is 79.8 Å². The van der Waals surface area contributed by atoms with Gasteiger partial charge in [0, 0.05) is 29.8 Å². The van der Waals surface area contributed by atoms with Gasteiger partial charge in [0.15, 0.2) is 0 Å². The van der Waals surface area contributed by atoms with E-state index in [1.165, 1.54) is 0 Å². The highest BCUT2D eigenvalue weighted by Gasteiger charge is 2.09. The molecule has 2 heterocycles. The summed E-state index contributed by atoms with van der Waals surface area (Å²) < 4.78 is 1.69. The predicted molar refractivity (Wildman–Crippen MR) is 108 cm³/mol. The second-order valence-electron chi connectivity index (χ2n) is 6.54. The Morgan fingerprint density at radius 2 is 1.86 bits per heavy atom. The van der Waals surface area contributed by atoms with Crippen LogP contribution in [0.1, 0.15) is 34.2 Å². The van der Waals surface area contributed by atoms with Gasteiger partial charge in [-0.1, -0.05) is 25.1 Å². The van der Waals surface area contributed by atoms with Crippen molar-refractivity contribution in [3.8, 4) is 11.1 Å².